The number of hydrogen-bond donors (Lipinski definition) is 1. The summed E-state index contributed by atoms with van der Waals surface area (Å²) in [6.07, 6.45) is 9.98. The number of rotatable bonds is 5. The summed E-state index contributed by atoms with van der Waals surface area (Å²) in [7, 11) is -1.99. The summed E-state index contributed by atoms with van der Waals surface area (Å²) >= 11 is 0.957. The zero-order valence-electron chi connectivity index (χ0n) is 23.2. The van der Waals surface area contributed by atoms with Crippen LogP contribution in [0.15, 0.2) is 47.4 Å². The molecule has 4 saturated carbocycles. The number of imide groups is 1. The molecule has 0 atom stereocenters. The molecule has 4 nitrogen and oxygen atoms in total. The number of carbonyl (C=O) groups excluding carboxylic acids is 2. The van der Waals surface area contributed by atoms with Crippen molar-refractivity contribution >= 4 is 37.3 Å². The summed E-state index contributed by atoms with van der Waals surface area (Å²) in [5.41, 5.74) is 4.99. The highest BCUT2D eigenvalue weighted by Crippen LogP contribution is 2.62. The second-order valence-electron chi connectivity index (χ2n) is 13.7. The first kappa shape index (κ1) is 25.9. The average molecular weight is 546 g/mol. The summed E-state index contributed by atoms with van der Waals surface area (Å²) in [5, 5.41) is 2.16. The van der Waals surface area contributed by atoms with Crippen molar-refractivity contribution in [2.24, 2.45) is 17.8 Å². The van der Waals surface area contributed by atoms with E-state index in [4.69, 9.17) is 4.43 Å². The van der Waals surface area contributed by atoms with Crippen LogP contribution in [0.2, 0.25) is 18.1 Å². The van der Waals surface area contributed by atoms with Crippen LogP contribution < -0.4 is 9.74 Å². The van der Waals surface area contributed by atoms with Crippen LogP contribution >= 0.6 is 11.8 Å². The molecule has 5 fully saturated rings. The van der Waals surface area contributed by atoms with Crippen molar-refractivity contribution in [3.05, 3.63) is 58.5 Å². The molecule has 0 unspecified atom stereocenters. The third-order valence-corrected chi connectivity index (χ3v) is 15.1. The third kappa shape index (κ3) is 4.68. The molecular weight excluding hydrogens is 507 g/mol. The summed E-state index contributed by atoms with van der Waals surface area (Å²) in [6, 6.07) is 15.2. The van der Waals surface area contributed by atoms with Gasteiger partial charge in [-0.25, -0.2) is 0 Å². The van der Waals surface area contributed by atoms with Gasteiger partial charge in [0.1, 0.15) is 5.75 Å². The van der Waals surface area contributed by atoms with Crippen molar-refractivity contribution in [3.63, 3.8) is 0 Å². The van der Waals surface area contributed by atoms with Crippen molar-refractivity contribution in [3.8, 4) is 16.9 Å². The van der Waals surface area contributed by atoms with Gasteiger partial charge in [0, 0.05) is 0 Å². The van der Waals surface area contributed by atoms with E-state index >= 15 is 0 Å². The SMILES string of the molecule is CC(C)(C)[Si](C)(C)Oc1ccc(-c2ccc(/C=C3\SC(=O)NC3=O)cc2)cc1C12CC3CC(CC(C3)C1)C2. The monoisotopic (exact) mass is 545 g/mol. The van der Waals surface area contributed by atoms with Crippen molar-refractivity contribution in [2.45, 2.75) is 82.8 Å². The molecule has 6 heteroatoms. The fraction of sp³-hybridized carbons (Fsp3) is 0.500. The van der Waals surface area contributed by atoms with E-state index < -0.39 is 8.32 Å². The van der Waals surface area contributed by atoms with Crippen LogP contribution in [0, 0.1) is 17.8 Å². The first-order valence-corrected chi connectivity index (χ1v) is 17.8. The van der Waals surface area contributed by atoms with Gasteiger partial charge >= 0.3 is 0 Å². The van der Waals surface area contributed by atoms with Gasteiger partial charge in [-0.3, -0.25) is 14.9 Å². The predicted octanol–water partition coefficient (Wildman–Crippen LogP) is 8.53. The molecule has 0 spiro atoms. The molecule has 2 aromatic rings. The van der Waals surface area contributed by atoms with Gasteiger partial charge in [-0.15, -0.1) is 0 Å². The second-order valence-corrected chi connectivity index (χ2v) is 19.5. The highest BCUT2D eigenvalue weighted by atomic mass is 32.2. The van der Waals surface area contributed by atoms with Crippen LogP contribution in [-0.4, -0.2) is 19.5 Å². The Morgan fingerprint density at radius 1 is 0.921 bits per heavy atom. The molecule has 5 aliphatic rings. The average Bonchev–Trinajstić information content (AvgIpc) is 3.14. The van der Waals surface area contributed by atoms with Gasteiger partial charge in [-0.1, -0.05) is 51.1 Å². The van der Waals surface area contributed by atoms with Crippen molar-refractivity contribution in [1.29, 1.82) is 0 Å². The summed E-state index contributed by atoms with van der Waals surface area (Å²) in [4.78, 5) is 23.9. The van der Waals surface area contributed by atoms with Gasteiger partial charge in [-0.2, -0.15) is 0 Å². The van der Waals surface area contributed by atoms with Gasteiger partial charge in [0.2, 0.25) is 8.32 Å². The fourth-order valence-electron chi connectivity index (χ4n) is 7.43. The van der Waals surface area contributed by atoms with Crippen LogP contribution in [0.3, 0.4) is 0 Å². The standard InChI is InChI=1S/C32H39NO3SSi/c1-31(2,3)38(4,5)36-27-11-10-25(16-26(27)32-17-21-12-22(18-32)14-23(13-21)19-32)24-8-6-20(7-9-24)15-28-29(34)33-30(35)37-28/h6-11,15-16,21-23H,12-14,17-19H2,1-5H3,(H,33,34,35)/b28-15-. The van der Waals surface area contributed by atoms with Crippen LogP contribution in [0.1, 0.15) is 70.4 Å². The molecule has 7 rings (SSSR count). The van der Waals surface area contributed by atoms with E-state index in [2.05, 4.69) is 69.5 Å². The van der Waals surface area contributed by atoms with Crippen LogP contribution in [-0.2, 0) is 10.2 Å². The highest BCUT2D eigenvalue weighted by Gasteiger charge is 2.53. The largest absolute Gasteiger partial charge is 0.543 e. The van der Waals surface area contributed by atoms with E-state index in [9.17, 15) is 9.59 Å². The minimum atomic E-state index is -1.99. The zero-order chi connectivity index (χ0) is 26.9. The fourth-order valence-corrected chi connectivity index (χ4v) is 9.14. The van der Waals surface area contributed by atoms with E-state index in [1.807, 2.05) is 12.1 Å². The minimum Gasteiger partial charge on any atom is -0.543 e. The second kappa shape index (κ2) is 9.12. The first-order valence-electron chi connectivity index (χ1n) is 14.1. The Bertz CT molecular complexity index is 1290. The minimum absolute atomic E-state index is 0.147. The Hall–Kier alpha value is -2.31. The molecule has 2 aromatic carbocycles. The molecule has 4 aliphatic carbocycles. The number of nitrogens with one attached hydrogen (secondary N) is 1. The van der Waals surface area contributed by atoms with Gasteiger partial charge < -0.3 is 4.43 Å². The van der Waals surface area contributed by atoms with Crippen LogP contribution in [0.25, 0.3) is 17.2 Å². The Labute approximate surface area is 232 Å². The molecule has 1 heterocycles. The Morgan fingerprint density at radius 3 is 2.03 bits per heavy atom. The maximum atomic E-state index is 11.9. The smallest absolute Gasteiger partial charge is 0.290 e. The lowest BCUT2D eigenvalue weighted by atomic mass is 9.48. The topological polar surface area (TPSA) is 55.4 Å². The number of carbonyl (C=O) groups is 2. The number of amides is 2. The normalized spacial score (nSPS) is 29.7. The molecular formula is C32H39NO3SSi. The molecule has 2 amide bonds. The van der Waals surface area contributed by atoms with Gasteiger partial charge in [0.25, 0.3) is 11.1 Å². The Morgan fingerprint density at radius 2 is 1.50 bits per heavy atom. The van der Waals surface area contributed by atoms with Crippen molar-refractivity contribution in [1.82, 2.24) is 5.32 Å². The van der Waals surface area contributed by atoms with Crippen LogP contribution in [0.4, 0.5) is 4.79 Å². The molecule has 200 valence electrons. The quantitative estimate of drug-likeness (QED) is 0.302. The van der Waals surface area contributed by atoms with E-state index in [0.717, 1.165) is 46.4 Å². The molecule has 1 aliphatic heterocycles. The lowest BCUT2D eigenvalue weighted by Gasteiger charge is -2.57. The molecule has 1 saturated heterocycles. The maximum Gasteiger partial charge on any atom is 0.290 e. The number of hydrogen-bond acceptors (Lipinski definition) is 4. The molecule has 4 bridgehead atoms. The van der Waals surface area contributed by atoms with E-state index in [0.29, 0.717) is 4.91 Å². The molecule has 1 N–H and O–H groups in total. The van der Waals surface area contributed by atoms with Gasteiger partial charge in [0.15, 0.2) is 0 Å². The van der Waals surface area contributed by atoms with Crippen molar-refractivity contribution in [2.75, 3.05) is 0 Å². The molecule has 0 aromatic heterocycles. The summed E-state index contributed by atoms with van der Waals surface area (Å²) in [6.45, 7) is 11.7. The lowest BCUT2D eigenvalue weighted by molar-refractivity contribution is -0.115. The summed E-state index contributed by atoms with van der Waals surface area (Å²) < 4.78 is 7.05. The lowest BCUT2D eigenvalue weighted by Crippen LogP contribution is -2.49. The number of thioether (sulfide) groups is 1. The van der Waals surface area contributed by atoms with E-state index in [1.165, 1.54) is 49.7 Å². The zero-order valence-corrected chi connectivity index (χ0v) is 25.0. The highest BCUT2D eigenvalue weighted by molar-refractivity contribution is 8.18. The first-order chi connectivity index (χ1) is 17.9. The predicted molar refractivity (Wildman–Crippen MR) is 159 cm³/mol. The third-order valence-electron chi connectivity index (χ3n) is 9.94. The van der Waals surface area contributed by atoms with Crippen molar-refractivity contribution < 1.29 is 14.0 Å². The maximum absolute atomic E-state index is 11.9. The Kier molecular flexibility index (Phi) is 6.23. The van der Waals surface area contributed by atoms with E-state index in [-0.39, 0.29) is 21.6 Å². The molecule has 38 heavy (non-hydrogen) atoms. The van der Waals surface area contributed by atoms with Gasteiger partial charge in [-0.05, 0) is 132 Å². The Balaban J connectivity index is 1.37. The number of benzene rings is 2. The van der Waals surface area contributed by atoms with Gasteiger partial charge in [0.05, 0.1) is 4.91 Å². The van der Waals surface area contributed by atoms with Crippen LogP contribution in [0.5, 0.6) is 5.75 Å². The van der Waals surface area contributed by atoms with E-state index in [1.54, 1.807) is 6.08 Å². The molecule has 0 radical (unpaired) electrons. The summed E-state index contributed by atoms with van der Waals surface area (Å²) in [5.74, 6) is 3.42.